The summed E-state index contributed by atoms with van der Waals surface area (Å²) in [5, 5.41) is 0.272. The molecule has 0 saturated carbocycles. The molecule has 9 heteroatoms. The van der Waals surface area contributed by atoms with E-state index < -0.39 is 5.82 Å². The zero-order chi connectivity index (χ0) is 24.9. The first-order valence-corrected chi connectivity index (χ1v) is 11.7. The van der Waals surface area contributed by atoms with Gasteiger partial charge in [-0.05, 0) is 56.5 Å². The summed E-state index contributed by atoms with van der Waals surface area (Å²) in [6, 6.07) is 7.67. The van der Waals surface area contributed by atoms with E-state index in [1.807, 2.05) is 0 Å². The van der Waals surface area contributed by atoms with Crippen molar-refractivity contribution in [2.24, 2.45) is 7.05 Å². The van der Waals surface area contributed by atoms with E-state index >= 15 is 0 Å². The van der Waals surface area contributed by atoms with Gasteiger partial charge in [0.05, 0.1) is 11.8 Å². The SMILES string of the molecule is Cc1nc2c(-c3ccc(Cl)cc3F)nc([C@@H]3CCO[C@H](c4ccc(=O)n(C)c4)C3)cn2c(=O)c1C. The fraction of sp³-hybridized carbons (Fsp3) is 0.308. The third-order valence-corrected chi connectivity index (χ3v) is 6.90. The molecule has 0 amide bonds. The molecule has 1 fully saturated rings. The highest BCUT2D eigenvalue weighted by molar-refractivity contribution is 6.30. The lowest BCUT2D eigenvalue weighted by atomic mass is 9.90. The van der Waals surface area contributed by atoms with Gasteiger partial charge in [-0.25, -0.2) is 14.4 Å². The molecule has 0 aliphatic carbocycles. The first-order chi connectivity index (χ1) is 16.7. The number of rotatable bonds is 3. The van der Waals surface area contributed by atoms with Gasteiger partial charge in [0.2, 0.25) is 5.56 Å². The van der Waals surface area contributed by atoms with Gasteiger partial charge in [0, 0.05) is 59.9 Å². The Balaban J connectivity index is 1.65. The highest BCUT2D eigenvalue weighted by Gasteiger charge is 2.28. The van der Waals surface area contributed by atoms with Crippen molar-refractivity contribution in [3.05, 3.63) is 96.8 Å². The highest BCUT2D eigenvalue weighted by atomic mass is 35.5. The molecule has 2 atom stereocenters. The molecule has 4 heterocycles. The molecule has 3 aromatic heterocycles. The summed E-state index contributed by atoms with van der Waals surface area (Å²) < 4.78 is 24.0. The molecule has 1 saturated heterocycles. The zero-order valence-corrected chi connectivity index (χ0v) is 20.3. The second-order valence-electron chi connectivity index (χ2n) is 8.95. The number of halogens is 2. The Morgan fingerprint density at radius 2 is 1.91 bits per heavy atom. The minimum Gasteiger partial charge on any atom is -0.373 e. The van der Waals surface area contributed by atoms with Crippen molar-refractivity contribution < 1.29 is 9.13 Å². The maximum atomic E-state index is 15.0. The lowest BCUT2D eigenvalue weighted by Crippen LogP contribution is -2.25. The van der Waals surface area contributed by atoms with E-state index in [1.165, 1.54) is 21.1 Å². The molecule has 35 heavy (non-hydrogen) atoms. The van der Waals surface area contributed by atoms with E-state index in [0.29, 0.717) is 47.7 Å². The van der Waals surface area contributed by atoms with Crippen molar-refractivity contribution >= 4 is 17.2 Å². The number of nitrogens with zero attached hydrogens (tertiary/aromatic N) is 4. The summed E-state index contributed by atoms with van der Waals surface area (Å²) in [6.45, 7) is 3.97. The number of aryl methyl sites for hydroxylation is 2. The van der Waals surface area contributed by atoms with Crippen LogP contribution in [0.5, 0.6) is 0 Å². The van der Waals surface area contributed by atoms with Crippen LogP contribution in [0.1, 0.15) is 47.4 Å². The van der Waals surface area contributed by atoms with Gasteiger partial charge >= 0.3 is 0 Å². The average Bonchev–Trinajstić information content (AvgIpc) is 2.84. The average molecular weight is 495 g/mol. The van der Waals surface area contributed by atoms with Crippen LogP contribution in [0.4, 0.5) is 4.39 Å². The number of ether oxygens (including phenoxy) is 1. The number of pyridine rings is 1. The van der Waals surface area contributed by atoms with Crippen LogP contribution in [0, 0.1) is 19.7 Å². The van der Waals surface area contributed by atoms with Gasteiger partial charge in [0.15, 0.2) is 5.65 Å². The summed E-state index contributed by atoms with van der Waals surface area (Å²) in [4.78, 5) is 34.4. The van der Waals surface area contributed by atoms with Crippen LogP contribution in [-0.4, -0.2) is 25.5 Å². The van der Waals surface area contributed by atoms with Gasteiger partial charge < -0.3 is 9.30 Å². The first-order valence-electron chi connectivity index (χ1n) is 11.4. The molecule has 0 unspecified atom stereocenters. The molecule has 0 radical (unpaired) electrons. The fourth-order valence-electron chi connectivity index (χ4n) is 4.52. The largest absolute Gasteiger partial charge is 0.373 e. The molecule has 0 bridgehead atoms. The molecule has 4 aromatic rings. The van der Waals surface area contributed by atoms with E-state index in [0.717, 1.165) is 5.56 Å². The Morgan fingerprint density at radius 3 is 2.66 bits per heavy atom. The van der Waals surface area contributed by atoms with Crippen LogP contribution in [0.2, 0.25) is 5.02 Å². The van der Waals surface area contributed by atoms with Gasteiger partial charge in [-0.1, -0.05) is 11.6 Å². The van der Waals surface area contributed by atoms with Crippen LogP contribution in [0.3, 0.4) is 0 Å². The Bertz CT molecular complexity index is 1580. The molecular formula is C26H24ClFN4O3. The third kappa shape index (κ3) is 4.28. The summed E-state index contributed by atoms with van der Waals surface area (Å²) in [5.41, 5.74) is 3.16. The van der Waals surface area contributed by atoms with Crippen LogP contribution in [0.15, 0.2) is 52.3 Å². The van der Waals surface area contributed by atoms with Gasteiger partial charge in [-0.2, -0.15) is 0 Å². The Kier molecular flexibility index (Phi) is 6.02. The second-order valence-corrected chi connectivity index (χ2v) is 9.39. The molecule has 0 N–H and O–H groups in total. The van der Waals surface area contributed by atoms with Gasteiger partial charge in [0.1, 0.15) is 11.5 Å². The summed E-state index contributed by atoms with van der Waals surface area (Å²) in [6.07, 6.45) is 4.55. The molecule has 1 aromatic carbocycles. The zero-order valence-electron chi connectivity index (χ0n) is 19.6. The number of fused-ring (bicyclic) bond motifs is 1. The fourth-order valence-corrected chi connectivity index (χ4v) is 4.68. The normalized spacial score (nSPS) is 18.2. The molecule has 7 nitrogen and oxygen atoms in total. The van der Waals surface area contributed by atoms with Crippen LogP contribution < -0.4 is 11.1 Å². The monoisotopic (exact) mass is 494 g/mol. The van der Waals surface area contributed by atoms with Crippen LogP contribution in [-0.2, 0) is 11.8 Å². The van der Waals surface area contributed by atoms with Crippen LogP contribution >= 0.6 is 11.6 Å². The smallest absolute Gasteiger partial charge is 0.261 e. The van der Waals surface area contributed by atoms with Crippen LogP contribution in [0.25, 0.3) is 16.9 Å². The lowest BCUT2D eigenvalue weighted by molar-refractivity contribution is 0.00422. The number of benzene rings is 1. The van der Waals surface area contributed by atoms with Gasteiger partial charge in [0.25, 0.3) is 5.56 Å². The van der Waals surface area contributed by atoms with E-state index in [2.05, 4.69) is 4.98 Å². The quantitative estimate of drug-likeness (QED) is 0.419. The summed E-state index contributed by atoms with van der Waals surface area (Å²) in [7, 11) is 1.70. The molecule has 0 spiro atoms. The molecule has 180 valence electrons. The maximum Gasteiger partial charge on any atom is 0.261 e. The maximum absolute atomic E-state index is 15.0. The van der Waals surface area contributed by atoms with Crippen molar-refractivity contribution in [2.45, 2.75) is 38.7 Å². The van der Waals surface area contributed by atoms with E-state index in [9.17, 15) is 14.0 Å². The Morgan fingerprint density at radius 1 is 1.11 bits per heavy atom. The lowest BCUT2D eigenvalue weighted by Gasteiger charge is -2.30. The minimum atomic E-state index is -0.536. The summed E-state index contributed by atoms with van der Waals surface area (Å²) in [5.74, 6) is -0.579. The van der Waals surface area contributed by atoms with Gasteiger partial charge in [-0.15, -0.1) is 0 Å². The van der Waals surface area contributed by atoms with E-state index in [-0.39, 0.29) is 33.7 Å². The minimum absolute atomic E-state index is 0.0435. The Labute approximate surface area is 205 Å². The predicted molar refractivity (Wildman–Crippen MR) is 131 cm³/mol. The summed E-state index contributed by atoms with van der Waals surface area (Å²) >= 11 is 5.98. The Hall–Kier alpha value is -3.36. The van der Waals surface area contributed by atoms with Gasteiger partial charge in [-0.3, -0.25) is 14.0 Å². The predicted octanol–water partition coefficient (Wildman–Crippen LogP) is 4.50. The standard InChI is InChI=1S/C26H24ClFN4O3/c1-14-15(2)29-25-24(19-6-5-18(27)11-20(19)28)30-21(13-32(25)26(14)34)16-8-9-35-22(10-16)17-4-7-23(33)31(3)12-17/h4-7,11-13,16,22H,8-10H2,1-3H3/t16-,22+/m1/s1. The van der Waals surface area contributed by atoms with Crippen molar-refractivity contribution in [2.75, 3.05) is 6.61 Å². The van der Waals surface area contributed by atoms with Crippen molar-refractivity contribution in [3.8, 4) is 11.3 Å². The second kappa shape index (κ2) is 9.02. The number of aromatic nitrogens is 4. The van der Waals surface area contributed by atoms with Crippen molar-refractivity contribution in [1.82, 2.24) is 18.9 Å². The molecular weight excluding hydrogens is 471 g/mol. The van der Waals surface area contributed by atoms with E-state index in [1.54, 1.807) is 51.5 Å². The topological polar surface area (TPSA) is 78.5 Å². The molecule has 1 aliphatic heterocycles. The van der Waals surface area contributed by atoms with Crippen molar-refractivity contribution in [3.63, 3.8) is 0 Å². The van der Waals surface area contributed by atoms with Crippen molar-refractivity contribution in [1.29, 1.82) is 0 Å². The highest BCUT2D eigenvalue weighted by Crippen LogP contribution is 2.38. The number of hydrogen-bond donors (Lipinski definition) is 0. The first kappa shape index (κ1) is 23.4. The molecule has 5 rings (SSSR count). The van der Waals surface area contributed by atoms with E-state index in [4.69, 9.17) is 21.3 Å². The third-order valence-electron chi connectivity index (χ3n) is 6.67. The number of hydrogen-bond acceptors (Lipinski definition) is 5. The molecule has 1 aliphatic rings.